The van der Waals surface area contributed by atoms with Gasteiger partial charge in [-0.25, -0.2) is 0 Å². The normalized spacial score (nSPS) is 12.8. The number of hydrogen-bond acceptors (Lipinski definition) is 2. The predicted molar refractivity (Wildman–Crippen MR) is 93.8 cm³/mol. The number of halogens is 7. The lowest BCUT2D eigenvalue weighted by Gasteiger charge is -2.35. The van der Waals surface area contributed by atoms with E-state index in [1.54, 1.807) is 0 Å². The van der Waals surface area contributed by atoms with E-state index >= 15 is 0 Å². The SMILES string of the molecule is CC(C)(NC(=O)c1ccccc1C(F)(F)F)C(F)(F)c1ncc(Br)cc1Cl. The summed E-state index contributed by atoms with van der Waals surface area (Å²) in [5.41, 5.74) is -5.07. The quantitative estimate of drug-likeness (QED) is 0.571. The molecule has 2 aromatic rings. The Balaban J connectivity index is 2.39. The Morgan fingerprint density at radius 1 is 1.15 bits per heavy atom. The zero-order valence-electron chi connectivity index (χ0n) is 14.0. The number of aromatic nitrogens is 1. The second kappa shape index (κ2) is 7.35. The molecule has 1 aromatic heterocycles. The van der Waals surface area contributed by atoms with Gasteiger partial charge in [0.05, 0.1) is 16.1 Å². The summed E-state index contributed by atoms with van der Waals surface area (Å²) in [6, 6.07) is 5.13. The highest BCUT2D eigenvalue weighted by Crippen LogP contribution is 2.41. The maximum atomic E-state index is 14.9. The average molecular weight is 472 g/mol. The monoisotopic (exact) mass is 470 g/mol. The van der Waals surface area contributed by atoms with Gasteiger partial charge in [0.15, 0.2) is 0 Å². The summed E-state index contributed by atoms with van der Waals surface area (Å²) in [5.74, 6) is -5.06. The first-order valence-corrected chi connectivity index (χ1v) is 8.62. The molecule has 0 spiro atoms. The lowest BCUT2D eigenvalue weighted by molar-refractivity contribution is -0.138. The van der Waals surface area contributed by atoms with Crippen molar-refractivity contribution in [1.29, 1.82) is 0 Å². The zero-order chi connectivity index (χ0) is 20.6. The largest absolute Gasteiger partial charge is 0.417 e. The molecule has 1 N–H and O–H groups in total. The van der Waals surface area contributed by atoms with Crippen LogP contribution < -0.4 is 5.32 Å². The second-order valence-electron chi connectivity index (χ2n) is 6.18. The molecular weight excluding hydrogens is 459 g/mol. The van der Waals surface area contributed by atoms with Crippen molar-refractivity contribution in [2.75, 3.05) is 0 Å². The van der Waals surface area contributed by atoms with Gasteiger partial charge in [-0.3, -0.25) is 9.78 Å². The van der Waals surface area contributed by atoms with Gasteiger partial charge in [-0.15, -0.1) is 0 Å². The molecule has 0 fully saturated rings. The maximum Gasteiger partial charge on any atom is 0.417 e. The van der Waals surface area contributed by atoms with Crippen LogP contribution >= 0.6 is 27.5 Å². The Labute approximate surface area is 165 Å². The van der Waals surface area contributed by atoms with Crippen molar-refractivity contribution in [2.45, 2.75) is 31.5 Å². The fourth-order valence-electron chi connectivity index (χ4n) is 2.30. The van der Waals surface area contributed by atoms with E-state index in [0.29, 0.717) is 10.5 Å². The highest BCUT2D eigenvalue weighted by atomic mass is 79.9. The molecule has 1 aromatic carbocycles. The highest BCUT2D eigenvalue weighted by Gasteiger charge is 2.52. The molecule has 2 rings (SSSR count). The first-order chi connectivity index (χ1) is 12.3. The van der Waals surface area contributed by atoms with Crippen LogP contribution in [0.25, 0.3) is 0 Å². The number of nitrogens with one attached hydrogen (secondary N) is 1. The van der Waals surface area contributed by atoms with Gasteiger partial charge < -0.3 is 5.32 Å². The van der Waals surface area contributed by atoms with E-state index in [0.717, 1.165) is 32.2 Å². The summed E-state index contributed by atoms with van der Waals surface area (Å²) in [5, 5.41) is 1.61. The van der Waals surface area contributed by atoms with Crippen LogP contribution in [0.3, 0.4) is 0 Å². The topological polar surface area (TPSA) is 42.0 Å². The van der Waals surface area contributed by atoms with Crippen molar-refractivity contribution < 1.29 is 26.7 Å². The van der Waals surface area contributed by atoms with Gasteiger partial charge >= 0.3 is 12.1 Å². The molecule has 10 heteroatoms. The molecule has 3 nitrogen and oxygen atoms in total. The standard InChI is InChI=1S/C17H13BrClF5N2O/c1-15(2,16(20,21)13-12(19)7-9(18)8-25-13)26-14(27)10-5-3-4-6-11(10)17(22,23)24/h3-8H,1-2H3,(H,26,27). The van der Waals surface area contributed by atoms with Gasteiger partial charge in [-0.1, -0.05) is 23.7 Å². The summed E-state index contributed by atoms with van der Waals surface area (Å²) < 4.78 is 69.5. The average Bonchev–Trinajstić information content (AvgIpc) is 2.53. The van der Waals surface area contributed by atoms with Crippen molar-refractivity contribution in [2.24, 2.45) is 0 Å². The van der Waals surface area contributed by atoms with Crippen molar-refractivity contribution in [3.8, 4) is 0 Å². The van der Waals surface area contributed by atoms with Gasteiger partial charge in [0, 0.05) is 10.7 Å². The van der Waals surface area contributed by atoms with Crippen LogP contribution in [-0.4, -0.2) is 16.4 Å². The smallest absolute Gasteiger partial charge is 0.341 e. The Morgan fingerprint density at radius 2 is 1.74 bits per heavy atom. The third kappa shape index (κ3) is 4.40. The van der Waals surface area contributed by atoms with E-state index in [4.69, 9.17) is 11.6 Å². The van der Waals surface area contributed by atoms with Crippen molar-refractivity contribution >= 4 is 33.4 Å². The molecule has 1 heterocycles. The highest BCUT2D eigenvalue weighted by molar-refractivity contribution is 9.10. The third-order valence-electron chi connectivity index (χ3n) is 3.79. The summed E-state index contributed by atoms with van der Waals surface area (Å²) in [4.78, 5) is 15.9. The molecule has 0 atom stereocenters. The van der Waals surface area contributed by atoms with E-state index in [9.17, 15) is 26.7 Å². The minimum absolute atomic E-state index is 0.354. The first kappa shape index (κ1) is 21.6. The van der Waals surface area contributed by atoms with E-state index in [-0.39, 0.29) is 5.02 Å². The number of hydrogen-bond donors (Lipinski definition) is 1. The number of pyridine rings is 1. The summed E-state index contributed by atoms with van der Waals surface area (Å²) >= 11 is 8.87. The van der Waals surface area contributed by atoms with Crippen molar-refractivity contribution in [3.63, 3.8) is 0 Å². The van der Waals surface area contributed by atoms with Crippen LogP contribution in [0.1, 0.15) is 35.5 Å². The van der Waals surface area contributed by atoms with E-state index in [1.165, 1.54) is 12.1 Å². The minimum atomic E-state index is -4.81. The van der Waals surface area contributed by atoms with Crippen molar-refractivity contribution in [3.05, 3.63) is 62.8 Å². The lowest BCUT2D eigenvalue weighted by atomic mass is 9.92. The Bertz CT molecular complexity index is 871. The molecule has 0 aliphatic carbocycles. The van der Waals surface area contributed by atoms with Crippen LogP contribution in [0, 0.1) is 0 Å². The van der Waals surface area contributed by atoms with Gasteiger partial charge in [0.25, 0.3) is 5.91 Å². The summed E-state index contributed by atoms with van der Waals surface area (Å²) in [6.07, 6.45) is -3.71. The van der Waals surface area contributed by atoms with Gasteiger partial charge in [0.2, 0.25) is 0 Å². The van der Waals surface area contributed by atoms with Crippen LogP contribution in [0.2, 0.25) is 5.02 Å². The second-order valence-corrected chi connectivity index (χ2v) is 7.50. The first-order valence-electron chi connectivity index (χ1n) is 7.45. The molecule has 0 unspecified atom stereocenters. The molecule has 1 amide bonds. The lowest BCUT2D eigenvalue weighted by Crippen LogP contribution is -2.55. The molecule has 0 saturated carbocycles. The number of rotatable bonds is 4. The fraction of sp³-hybridized carbons (Fsp3) is 0.294. The van der Waals surface area contributed by atoms with E-state index in [1.807, 2.05) is 5.32 Å². The van der Waals surface area contributed by atoms with Gasteiger partial charge in [-0.2, -0.15) is 22.0 Å². The van der Waals surface area contributed by atoms with Crippen molar-refractivity contribution in [1.82, 2.24) is 10.3 Å². The zero-order valence-corrected chi connectivity index (χ0v) is 16.3. The molecule has 0 bridgehead atoms. The molecular formula is C17H13BrClF5N2O. The fourth-order valence-corrected chi connectivity index (χ4v) is 3.05. The molecule has 27 heavy (non-hydrogen) atoms. The Kier molecular flexibility index (Phi) is 5.87. The molecule has 0 radical (unpaired) electrons. The minimum Gasteiger partial charge on any atom is -0.341 e. The Hall–Kier alpha value is -1.74. The number of carbonyl (C=O) groups is 1. The molecule has 0 aliphatic heterocycles. The van der Waals surface area contributed by atoms with Crippen LogP contribution in [-0.2, 0) is 12.1 Å². The number of amides is 1. The van der Waals surface area contributed by atoms with E-state index in [2.05, 4.69) is 20.9 Å². The third-order valence-corrected chi connectivity index (χ3v) is 4.52. The number of alkyl halides is 5. The number of nitrogens with zero attached hydrogens (tertiary/aromatic N) is 1. The molecule has 0 aliphatic rings. The molecule has 0 saturated heterocycles. The van der Waals surface area contributed by atoms with Crippen LogP contribution in [0.5, 0.6) is 0 Å². The van der Waals surface area contributed by atoms with Gasteiger partial charge in [0.1, 0.15) is 11.2 Å². The van der Waals surface area contributed by atoms with E-state index < -0.39 is 40.4 Å². The van der Waals surface area contributed by atoms with Crippen LogP contribution in [0.15, 0.2) is 41.0 Å². The van der Waals surface area contributed by atoms with Gasteiger partial charge in [-0.05, 0) is 48.0 Å². The number of benzene rings is 1. The predicted octanol–water partition coefficient (Wildman–Crippen LogP) is 5.82. The summed E-state index contributed by atoms with van der Waals surface area (Å²) in [7, 11) is 0. The number of carbonyl (C=O) groups excluding carboxylic acids is 1. The maximum absolute atomic E-state index is 14.9. The summed E-state index contributed by atoms with van der Waals surface area (Å²) in [6.45, 7) is 1.95. The Morgan fingerprint density at radius 3 is 2.30 bits per heavy atom. The van der Waals surface area contributed by atoms with Crippen LogP contribution in [0.4, 0.5) is 22.0 Å². The molecule has 146 valence electrons.